The van der Waals surface area contributed by atoms with E-state index in [1.807, 2.05) is 42.5 Å². The largest absolute Gasteiger partial charge is 0.363 e. The van der Waals surface area contributed by atoms with Crippen LogP contribution in [0.25, 0.3) is 0 Å². The number of carbonyl (C=O) groups excluding carboxylic acids is 1. The van der Waals surface area contributed by atoms with Gasteiger partial charge in [0.1, 0.15) is 0 Å². The first-order valence-electron chi connectivity index (χ1n) is 7.59. The molecule has 2 aromatic carbocycles. The minimum Gasteiger partial charge on any atom is -0.363 e. The number of Topliss-reactive ketones (excluding diaryl/α,β-unsaturated/α-hetero) is 1. The zero-order chi connectivity index (χ0) is 15.4. The summed E-state index contributed by atoms with van der Waals surface area (Å²) in [5, 5.41) is 8.88. The fourth-order valence-electron chi connectivity index (χ4n) is 3.07. The molecule has 3 nitrogen and oxygen atoms in total. The van der Waals surface area contributed by atoms with Crippen LogP contribution in [-0.4, -0.2) is 11.8 Å². The molecule has 0 spiro atoms. The minimum atomic E-state index is 0.0993. The first-order chi connectivity index (χ1) is 10.8. The molecule has 1 aliphatic rings. The summed E-state index contributed by atoms with van der Waals surface area (Å²) >= 11 is 0. The van der Waals surface area contributed by atoms with Gasteiger partial charge in [-0.3, -0.25) is 4.79 Å². The highest BCUT2D eigenvalue weighted by molar-refractivity contribution is 6.03. The van der Waals surface area contributed by atoms with E-state index in [1.54, 1.807) is 0 Å². The number of ketones is 1. The van der Waals surface area contributed by atoms with E-state index in [4.69, 9.17) is 5.26 Å². The van der Waals surface area contributed by atoms with Gasteiger partial charge in [0.05, 0.1) is 6.07 Å². The number of nitriles is 1. The van der Waals surface area contributed by atoms with Crippen LogP contribution in [0.5, 0.6) is 0 Å². The fraction of sp³-hybridized carbons (Fsp3) is 0.263. The normalized spacial score (nSPS) is 17.0. The van der Waals surface area contributed by atoms with Crippen LogP contribution in [0, 0.1) is 11.3 Å². The summed E-state index contributed by atoms with van der Waals surface area (Å²) in [7, 11) is 0. The van der Waals surface area contributed by atoms with Crippen LogP contribution in [0.1, 0.15) is 35.2 Å². The number of fused-ring (bicyclic) bond motifs is 1. The van der Waals surface area contributed by atoms with E-state index in [2.05, 4.69) is 23.1 Å². The van der Waals surface area contributed by atoms with Gasteiger partial charge in [0.25, 0.3) is 0 Å². The van der Waals surface area contributed by atoms with Gasteiger partial charge < -0.3 is 4.90 Å². The Hall–Kier alpha value is -2.60. The molecule has 0 saturated heterocycles. The maximum atomic E-state index is 12.3. The van der Waals surface area contributed by atoms with Crippen molar-refractivity contribution in [2.45, 2.75) is 31.8 Å². The molecule has 0 bridgehead atoms. The molecule has 22 heavy (non-hydrogen) atoms. The maximum absolute atomic E-state index is 12.3. The van der Waals surface area contributed by atoms with Gasteiger partial charge >= 0.3 is 0 Å². The van der Waals surface area contributed by atoms with E-state index < -0.39 is 0 Å². The number of benzene rings is 2. The van der Waals surface area contributed by atoms with E-state index in [0.29, 0.717) is 12.8 Å². The Morgan fingerprint density at radius 3 is 2.59 bits per heavy atom. The van der Waals surface area contributed by atoms with Gasteiger partial charge in [-0.1, -0.05) is 42.5 Å². The van der Waals surface area contributed by atoms with E-state index in [-0.39, 0.29) is 11.8 Å². The molecule has 0 N–H and O–H groups in total. The van der Waals surface area contributed by atoms with Crippen LogP contribution >= 0.6 is 0 Å². The number of hydrogen-bond donors (Lipinski definition) is 0. The molecular formula is C19H18N2O. The topological polar surface area (TPSA) is 44.1 Å². The van der Waals surface area contributed by atoms with E-state index in [1.165, 1.54) is 5.56 Å². The smallest absolute Gasteiger partial charge is 0.167 e. The third-order valence-electron chi connectivity index (χ3n) is 4.16. The number of hydrogen-bond acceptors (Lipinski definition) is 3. The zero-order valence-corrected chi connectivity index (χ0v) is 12.4. The second kappa shape index (κ2) is 6.44. The number of nitrogens with zero attached hydrogens (tertiary/aromatic N) is 2. The highest BCUT2D eigenvalue weighted by atomic mass is 16.1. The van der Waals surface area contributed by atoms with Crippen molar-refractivity contribution in [3.05, 3.63) is 65.7 Å². The third kappa shape index (κ3) is 2.87. The Bertz CT molecular complexity index is 703. The van der Waals surface area contributed by atoms with E-state index in [0.717, 1.165) is 24.2 Å². The van der Waals surface area contributed by atoms with Crippen LogP contribution in [0.2, 0.25) is 0 Å². The lowest BCUT2D eigenvalue weighted by atomic mass is 9.91. The minimum absolute atomic E-state index is 0.0993. The molecule has 0 aliphatic carbocycles. The molecule has 1 aliphatic heterocycles. The van der Waals surface area contributed by atoms with Crippen molar-refractivity contribution in [1.29, 1.82) is 5.26 Å². The summed E-state index contributed by atoms with van der Waals surface area (Å²) in [6.45, 7) is 0.765. The van der Waals surface area contributed by atoms with Gasteiger partial charge in [0.15, 0.2) is 5.78 Å². The standard InChI is InChI=1S/C19H18N2O/c20-12-6-9-16-13-19(22)17-10-4-5-11-18(17)21(16)14-15-7-2-1-3-8-15/h1-5,7-8,10-11,16H,6,9,13-14H2. The van der Waals surface area contributed by atoms with Crippen molar-refractivity contribution in [3.63, 3.8) is 0 Å². The lowest BCUT2D eigenvalue weighted by Crippen LogP contribution is -2.41. The SMILES string of the molecule is N#CCCC1CC(=O)c2ccccc2N1Cc1ccccc1. The lowest BCUT2D eigenvalue weighted by molar-refractivity contribution is 0.0964. The Morgan fingerprint density at radius 2 is 1.82 bits per heavy atom. The average molecular weight is 290 g/mol. The predicted octanol–water partition coefficient (Wildman–Crippen LogP) is 3.95. The van der Waals surface area contributed by atoms with Gasteiger partial charge in [0, 0.05) is 36.7 Å². The van der Waals surface area contributed by atoms with Crippen molar-refractivity contribution < 1.29 is 4.79 Å². The maximum Gasteiger partial charge on any atom is 0.167 e. The van der Waals surface area contributed by atoms with Crippen LogP contribution in [0.4, 0.5) is 5.69 Å². The summed E-state index contributed by atoms with van der Waals surface area (Å²) < 4.78 is 0. The van der Waals surface area contributed by atoms with Crippen LogP contribution in [-0.2, 0) is 6.54 Å². The number of rotatable bonds is 4. The van der Waals surface area contributed by atoms with E-state index in [9.17, 15) is 4.79 Å². The quantitative estimate of drug-likeness (QED) is 0.856. The zero-order valence-electron chi connectivity index (χ0n) is 12.4. The second-order valence-corrected chi connectivity index (χ2v) is 5.61. The molecule has 0 aromatic heterocycles. The van der Waals surface area contributed by atoms with Gasteiger partial charge in [-0.15, -0.1) is 0 Å². The van der Waals surface area contributed by atoms with Gasteiger partial charge in [0.2, 0.25) is 0 Å². The molecule has 0 radical (unpaired) electrons. The molecule has 3 rings (SSSR count). The number of carbonyl (C=O) groups is 1. The van der Waals surface area contributed by atoms with Crippen LogP contribution < -0.4 is 4.90 Å². The van der Waals surface area contributed by atoms with Gasteiger partial charge in [-0.25, -0.2) is 0 Å². The van der Waals surface area contributed by atoms with Gasteiger partial charge in [-0.05, 0) is 24.1 Å². The van der Waals surface area contributed by atoms with Crippen molar-refractivity contribution >= 4 is 11.5 Å². The van der Waals surface area contributed by atoms with Crippen LogP contribution in [0.3, 0.4) is 0 Å². The Balaban J connectivity index is 1.95. The number of anilines is 1. The molecule has 0 saturated carbocycles. The Labute approximate surface area is 130 Å². The van der Waals surface area contributed by atoms with Crippen LogP contribution in [0.15, 0.2) is 54.6 Å². The Kier molecular flexibility index (Phi) is 4.20. The highest BCUT2D eigenvalue weighted by Crippen LogP contribution is 2.33. The molecule has 1 atom stereocenters. The van der Waals surface area contributed by atoms with Crippen molar-refractivity contribution in [3.8, 4) is 6.07 Å². The molecule has 2 aromatic rings. The average Bonchev–Trinajstić information content (AvgIpc) is 2.57. The number of para-hydroxylation sites is 1. The molecule has 1 unspecified atom stereocenters. The second-order valence-electron chi connectivity index (χ2n) is 5.61. The molecule has 3 heteroatoms. The summed E-state index contributed by atoms with van der Waals surface area (Å²) in [5.41, 5.74) is 3.01. The molecular weight excluding hydrogens is 272 g/mol. The fourth-order valence-corrected chi connectivity index (χ4v) is 3.07. The molecule has 1 heterocycles. The predicted molar refractivity (Wildman–Crippen MR) is 86.6 cm³/mol. The molecule has 0 fully saturated rings. The first kappa shape index (κ1) is 14.3. The first-order valence-corrected chi connectivity index (χ1v) is 7.59. The van der Waals surface area contributed by atoms with Crippen molar-refractivity contribution in [2.24, 2.45) is 0 Å². The lowest BCUT2D eigenvalue weighted by Gasteiger charge is -2.38. The summed E-state index contributed by atoms with van der Waals surface area (Å²) in [5.74, 6) is 0.183. The highest BCUT2D eigenvalue weighted by Gasteiger charge is 2.30. The van der Waals surface area contributed by atoms with Crippen molar-refractivity contribution in [1.82, 2.24) is 0 Å². The summed E-state index contributed by atoms with van der Waals surface area (Å²) in [6.07, 6.45) is 1.69. The summed E-state index contributed by atoms with van der Waals surface area (Å²) in [6, 6.07) is 20.3. The molecule has 110 valence electrons. The monoisotopic (exact) mass is 290 g/mol. The van der Waals surface area contributed by atoms with Crippen molar-refractivity contribution in [2.75, 3.05) is 4.90 Å². The third-order valence-corrected chi connectivity index (χ3v) is 4.16. The van der Waals surface area contributed by atoms with E-state index >= 15 is 0 Å². The summed E-state index contributed by atoms with van der Waals surface area (Å²) in [4.78, 5) is 14.6. The van der Waals surface area contributed by atoms with Gasteiger partial charge in [-0.2, -0.15) is 5.26 Å². The Morgan fingerprint density at radius 1 is 1.09 bits per heavy atom. The molecule has 0 amide bonds.